The van der Waals surface area contributed by atoms with Gasteiger partial charge in [0, 0.05) is 16.0 Å². The molecule has 0 saturated carbocycles. The predicted octanol–water partition coefficient (Wildman–Crippen LogP) is 7.30. The monoisotopic (exact) mass is 467 g/mol. The Kier molecular flexibility index (Phi) is 4.91. The lowest BCUT2D eigenvalue weighted by molar-refractivity contribution is 0.0990. The molecular weight excluding hydrogens is 457 g/mol. The number of fused-ring (bicyclic) bond motifs is 2. The molecule has 2 aromatic carbocycles. The number of aromatic nitrogens is 1. The van der Waals surface area contributed by atoms with Crippen LogP contribution in [0.1, 0.15) is 36.2 Å². The topological polar surface area (TPSA) is 47.0 Å². The molecule has 0 bridgehead atoms. The number of ketones is 2. The molecule has 1 aliphatic carbocycles. The van der Waals surface area contributed by atoms with Gasteiger partial charge >= 0.3 is 0 Å². The molecule has 5 rings (SSSR count). The lowest BCUT2D eigenvalue weighted by Gasteiger charge is -1.98. The SMILES string of the molecule is O=C1C(=Cc2cc3sc(/C=C/c4ccccc4)nc3s2)C(=O)c2cc(Cl)c(Cl)cc21. The molecular formula is C23H11Cl2NO2S2. The molecule has 0 aliphatic heterocycles. The molecule has 4 aromatic rings. The Labute approximate surface area is 189 Å². The van der Waals surface area contributed by atoms with Gasteiger partial charge in [-0.15, -0.1) is 22.7 Å². The highest BCUT2D eigenvalue weighted by atomic mass is 35.5. The maximum atomic E-state index is 12.7. The zero-order valence-corrected chi connectivity index (χ0v) is 18.3. The summed E-state index contributed by atoms with van der Waals surface area (Å²) >= 11 is 15.0. The van der Waals surface area contributed by atoms with Gasteiger partial charge in [-0.1, -0.05) is 59.6 Å². The molecule has 0 spiro atoms. The highest BCUT2D eigenvalue weighted by Crippen LogP contribution is 2.36. The fourth-order valence-corrected chi connectivity index (χ4v) is 5.64. The number of hydrogen-bond acceptors (Lipinski definition) is 5. The average Bonchev–Trinajstić information content (AvgIpc) is 3.35. The minimum atomic E-state index is -0.329. The van der Waals surface area contributed by atoms with E-state index in [1.807, 2.05) is 48.6 Å². The zero-order chi connectivity index (χ0) is 20.8. The Balaban J connectivity index is 1.44. The van der Waals surface area contributed by atoms with Gasteiger partial charge in [0.25, 0.3) is 0 Å². The first-order valence-electron chi connectivity index (χ1n) is 8.93. The van der Waals surface area contributed by atoms with Crippen molar-refractivity contribution in [1.82, 2.24) is 4.98 Å². The van der Waals surface area contributed by atoms with Gasteiger partial charge in [-0.05, 0) is 35.9 Å². The highest BCUT2D eigenvalue weighted by Gasteiger charge is 2.34. The van der Waals surface area contributed by atoms with E-state index in [2.05, 4.69) is 4.98 Å². The number of benzene rings is 2. The number of thiophene rings is 1. The standard InChI is InChI=1S/C23H11Cl2NO2S2/c24-17-10-14-15(11-18(17)25)22(28)16(21(14)27)8-13-9-19-23(29-13)26-20(30-19)7-6-12-4-2-1-3-5-12/h1-11H/b7-6+. The number of allylic oxidation sites excluding steroid dienone is 1. The van der Waals surface area contributed by atoms with Crippen LogP contribution in [0.5, 0.6) is 0 Å². The Bertz CT molecular complexity index is 1320. The minimum absolute atomic E-state index is 0.126. The van der Waals surface area contributed by atoms with Crippen molar-refractivity contribution < 1.29 is 9.59 Å². The number of halogens is 2. The van der Waals surface area contributed by atoms with E-state index >= 15 is 0 Å². The average molecular weight is 468 g/mol. The molecule has 0 amide bonds. The maximum absolute atomic E-state index is 12.7. The van der Waals surface area contributed by atoms with Crippen molar-refractivity contribution in [2.45, 2.75) is 0 Å². The number of rotatable bonds is 3. The Morgan fingerprint density at radius 1 is 0.833 bits per heavy atom. The molecule has 0 fully saturated rings. The van der Waals surface area contributed by atoms with E-state index in [1.54, 1.807) is 17.4 Å². The second-order valence-corrected chi connectivity index (χ2v) is 9.58. The molecule has 0 radical (unpaired) electrons. The van der Waals surface area contributed by atoms with Gasteiger partial charge in [0.15, 0.2) is 11.6 Å². The van der Waals surface area contributed by atoms with E-state index in [0.29, 0.717) is 11.1 Å². The first-order valence-corrected chi connectivity index (χ1v) is 11.3. The molecule has 2 heterocycles. The largest absolute Gasteiger partial charge is 0.288 e. The summed E-state index contributed by atoms with van der Waals surface area (Å²) in [5.41, 5.74) is 1.83. The number of hydrogen-bond donors (Lipinski definition) is 0. The Hall–Kier alpha value is -2.57. The van der Waals surface area contributed by atoms with Crippen molar-refractivity contribution in [3.05, 3.63) is 90.7 Å². The Morgan fingerprint density at radius 3 is 2.13 bits per heavy atom. The van der Waals surface area contributed by atoms with Crippen molar-refractivity contribution in [2.24, 2.45) is 0 Å². The van der Waals surface area contributed by atoms with E-state index < -0.39 is 0 Å². The first kappa shape index (κ1) is 19.4. The molecule has 3 nitrogen and oxygen atoms in total. The number of nitrogens with zero attached hydrogens (tertiary/aromatic N) is 1. The van der Waals surface area contributed by atoms with Crippen LogP contribution in [0, 0.1) is 0 Å². The van der Waals surface area contributed by atoms with Gasteiger partial charge in [0.2, 0.25) is 0 Å². The molecule has 146 valence electrons. The van der Waals surface area contributed by atoms with Gasteiger partial charge in [-0.25, -0.2) is 4.98 Å². The third kappa shape index (κ3) is 3.44. The van der Waals surface area contributed by atoms with Crippen LogP contribution in [0.2, 0.25) is 10.0 Å². The number of Topliss-reactive ketones (excluding diaryl/α,β-unsaturated/α-hetero) is 2. The lowest BCUT2D eigenvalue weighted by Crippen LogP contribution is -1.99. The van der Waals surface area contributed by atoms with E-state index in [9.17, 15) is 9.59 Å². The second kappa shape index (κ2) is 7.60. The van der Waals surface area contributed by atoms with Crippen LogP contribution in [-0.4, -0.2) is 16.6 Å². The van der Waals surface area contributed by atoms with Crippen LogP contribution in [0.15, 0.2) is 54.1 Å². The Morgan fingerprint density at radius 2 is 1.50 bits per heavy atom. The summed E-state index contributed by atoms with van der Waals surface area (Å²) in [4.78, 5) is 31.7. The van der Waals surface area contributed by atoms with E-state index in [1.165, 1.54) is 23.5 Å². The summed E-state index contributed by atoms with van der Waals surface area (Å²) in [7, 11) is 0. The smallest absolute Gasteiger partial charge is 0.197 e. The van der Waals surface area contributed by atoms with Gasteiger partial charge in [0.05, 0.1) is 20.3 Å². The molecule has 0 unspecified atom stereocenters. The molecule has 0 N–H and O–H groups in total. The van der Waals surface area contributed by atoms with E-state index in [4.69, 9.17) is 23.2 Å². The minimum Gasteiger partial charge on any atom is -0.288 e. The predicted molar refractivity (Wildman–Crippen MR) is 126 cm³/mol. The fraction of sp³-hybridized carbons (Fsp3) is 0. The number of carbonyl (C=O) groups excluding carboxylic acids is 2. The molecule has 1 aliphatic rings. The fourth-order valence-electron chi connectivity index (χ4n) is 3.23. The number of carbonyl (C=O) groups is 2. The summed E-state index contributed by atoms with van der Waals surface area (Å²) in [5, 5.41) is 1.42. The van der Waals surface area contributed by atoms with E-state index in [0.717, 1.165) is 25.0 Å². The molecule has 0 atom stereocenters. The summed E-state index contributed by atoms with van der Waals surface area (Å²) in [6.45, 7) is 0. The third-order valence-corrected chi connectivity index (χ3v) is 7.46. The third-order valence-electron chi connectivity index (χ3n) is 4.67. The zero-order valence-electron chi connectivity index (χ0n) is 15.2. The van der Waals surface area contributed by atoms with Crippen LogP contribution in [0.4, 0.5) is 0 Å². The molecule has 0 saturated heterocycles. The first-order chi connectivity index (χ1) is 14.5. The van der Waals surface area contributed by atoms with E-state index in [-0.39, 0.29) is 27.2 Å². The molecule has 30 heavy (non-hydrogen) atoms. The second-order valence-electron chi connectivity index (χ2n) is 6.64. The van der Waals surface area contributed by atoms with Crippen molar-refractivity contribution >= 4 is 85.2 Å². The van der Waals surface area contributed by atoms with Gasteiger partial charge in [-0.2, -0.15) is 0 Å². The van der Waals surface area contributed by atoms with Crippen LogP contribution >= 0.6 is 45.9 Å². The normalized spacial score (nSPS) is 13.6. The van der Waals surface area contributed by atoms with Crippen molar-refractivity contribution in [3.63, 3.8) is 0 Å². The number of thiazole rings is 1. The molecule has 2 aromatic heterocycles. The summed E-state index contributed by atoms with van der Waals surface area (Å²) in [6.07, 6.45) is 5.64. The van der Waals surface area contributed by atoms with Crippen LogP contribution in [0.25, 0.3) is 27.8 Å². The van der Waals surface area contributed by atoms with Crippen molar-refractivity contribution in [2.75, 3.05) is 0 Å². The molecule has 7 heteroatoms. The summed E-state index contributed by atoms with van der Waals surface area (Å²) in [6, 6.07) is 14.9. The van der Waals surface area contributed by atoms with Crippen molar-refractivity contribution in [1.29, 1.82) is 0 Å². The maximum Gasteiger partial charge on any atom is 0.197 e. The van der Waals surface area contributed by atoms with Crippen molar-refractivity contribution in [3.8, 4) is 0 Å². The summed E-state index contributed by atoms with van der Waals surface area (Å²) in [5.74, 6) is -0.658. The van der Waals surface area contributed by atoms with Gasteiger partial charge in [-0.3, -0.25) is 9.59 Å². The van der Waals surface area contributed by atoms with Crippen LogP contribution in [0.3, 0.4) is 0 Å². The quantitative estimate of drug-likeness (QED) is 0.234. The highest BCUT2D eigenvalue weighted by molar-refractivity contribution is 7.27. The van der Waals surface area contributed by atoms with Gasteiger partial charge < -0.3 is 0 Å². The lowest BCUT2D eigenvalue weighted by atomic mass is 10.1. The van der Waals surface area contributed by atoms with Gasteiger partial charge in [0.1, 0.15) is 9.84 Å². The van der Waals surface area contributed by atoms with Crippen LogP contribution in [-0.2, 0) is 0 Å². The van der Waals surface area contributed by atoms with Crippen LogP contribution < -0.4 is 0 Å². The summed E-state index contributed by atoms with van der Waals surface area (Å²) < 4.78 is 1.01.